The summed E-state index contributed by atoms with van der Waals surface area (Å²) in [6.07, 6.45) is -0.327. The Labute approximate surface area is 152 Å². The zero-order valence-corrected chi connectivity index (χ0v) is 14.0. The van der Waals surface area contributed by atoms with Crippen LogP contribution in [-0.2, 0) is 4.79 Å². The van der Waals surface area contributed by atoms with Gasteiger partial charge in [0.2, 0.25) is 0 Å². The Kier molecular flexibility index (Phi) is 4.08. The Balaban J connectivity index is 1.62. The summed E-state index contributed by atoms with van der Waals surface area (Å²) in [5.41, 5.74) is 3.03. The van der Waals surface area contributed by atoms with Crippen LogP contribution < -0.4 is 5.32 Å². The number of benzene rings is 2. The van der Waals surface area contributed by atoms with Crippen molar-refractivity contribution in [3.05, 3.63) is 71.7 Å². The van der Waals surface area contributed by atoms with Crippen molar-refractivity contribution in [3.63, 3.8) is 0 Å². The van der Waals surface area contributed by atoms with E-state index in [1.165, 1.54) is 24.3 Å². The number of aromatic nitrogens is 3. The molecule has 3 N–H and O–H groups in total. The van der Waals surface area contributed by atoms with Crippen LogP contribution in [0.5, 0.6) is 0 Å². The molecule has 8 heteroatoms. The fourth-order valence-electron chi connectivity index (χ4n) is 3.02. The maximum atomic E-state index is 13.1. The van der Waals surface area contributed by atoms with E-state index in [1.807, 2.05) is 24.3 Å². The molecule has 2 aromatic heterocycles. The minimum absolute atomic E-state index is 0.157. The molecule has 0 radical (unpaired) electrons. The number of amides is 1. The predicted octanol–water partition coefficient (Wildman–Crippen LogP) is 2.90. The van der Waals surface area contributed by atoms with Crippen molar-refractivity contribution in [2.45, 2.75) is 12.5 Å². The van der Waals surface area contributed by atoms with Gasteiger partial charge in [-0.1, -0.05) is 24.3 Å². The van der Waals surface area contributed by atoms with Gasteiger partial charge in [0.25, 0.3) is 5.91 Å². The van der Waals surface area contributed by atoms with Gasteiger partial charge in [0.05, 0.1) is 23.5 Å². The number of halogens is 1. The second-order valence-electron chi connectivity index (χ2n) is 6.14. The van der Waals surface area contributed by atoms with Crippen LogP contribution in [0.1, 0.15) is 28.5 Å². The van der Waals surface area contributed by atoms with Crippen molar-refractivity contribution >= 4 is 28.6 Å². The van der Waals surface area contributed by atoms with Crippen LogP contribution in [0, 0.1) is 5.82 Å². The summed E-state index contributed by atoms with van der Waals surface area (Å²) in [5.74, 6) is -2.02. The van der Waals surface area contributed by atoms with Crippen molar-refractivity contribution in [3.8, 4) is 0 Å². The van der Waals surface area contributed by atoms with E-state index in [2.05, 4.69) is 15.4 Å². The summed E-state index contributed by atoms with van der Waals surface area (Å²) in [5, 5.41) is 16.1. The van der Waals surface area contributed by atoms with Gasteiger partial charge in [-0.25, -0.2) is 8.91 Å². The number of carbonyl (C=O) groups excluding carboxylic acids is 1. The SMILES string of the molecule is O=C(O)CC(NC(=O)c1cc2[nH]c3ccccc3n2n1)c1ccc(F)cc1. The van der Waals surface area contributed by atoms with E-state index >= 15 is 0 Å². The second-order valence-corrected chi connectivity index (χ2v) is 6.14. The Morgan fingerprint density at radius 2 is 1.93 bits per heavy atom. The predicted molar refractivity (Wildman–Crippen MR) is 95.9 cm³/mol. The van der Waals surface area contributed by atoms with Crippen molar-refractivity contribution in [2.75, 3.05) is 0 Å². The highest BCUT2D eigenvalue weighted by Crippen LogP contribution is 2.20. The Morgan fingerprint density at radius 1 is 1.19 bits per heavy atom. The van der Waals surface area contributed by atoms with Crippen LogP contribution in [0.15, 0.2) is 54.6 Å². The standard InChI is InChI=1S/C19H15FN4O3/c20-12-7-5-11(6-8-12)14(10-18(25)26)22-19(27)15-9-17-21-13-3-1-2-4-16(13)24(17)23-15/h1-9,14,21H,10H2,(H,22,27)(H,25,26). The minimum atomic E-state index is -1.08. The first-order valence-corrected chi connectivity index (χ1v) is 8.26. The van der Waals surface area contributed by atoms with E-state index in [-0.39, 0.29) is 12.1 Å². The number of imidazole rings is 1. The summed E-state index contributed by atoms with van der Waals surface area (Å²) >= 11 is 0. The maximum Gasteiger partial charge on any atom is 0.305 e. The molecular formula is C19H15FN4O3. The number of hydrogen-bond acceptors (Lipinski definition) is 3. The zero-order valence-electron chi connectivity index (χ0n) is 14.0. The number of fused-ring (bicyclic) bond motifs is 3. The van der Waals surface area contributed by atoms with Crippen molar-refractivity contribution < 1.29 is 19.1 Å². The van der Waals surface area contributed by atoms with Crippen LogP contribution in [-0.4, -0.2) is 31.6 Å². The Hall–Kier alpha value is -3.68. The fraction of sp³-hybridized carbons (Fsp3) is 0.105. The number of rotatable bonds is 5. The third-order valence-corrected chi connectivity index (χ3v) is 4.29. The molecule has 0 aliphatic rings. The van der Waals surface area contributed by atoms with Crippen molar-refractivity contribution in [1.29, 1.82) is 0 Å². The summed E-state index contributed by atoms with van der Waals surface area (Å²) in [7, 11) is 0. The first-order valence-electron chi connectivity index (χ1n) is 8.26. The molecule has 1 amide bonds. The Morgan fingerprint density at radius 3 is 2.67 bits per heavy atom. The zero-order chi connectivity index (χ0) is 19.0. The van der Waals surface area contributed by atoms with Gasteiger partial charge in [-0.15, -0.1) is 0 Å². The molecule has 136 valence electrons. The van der Waals surface area contributed by atoms with E-state index in [4.69, 9.17) is 5.11 Å². The van der Waals surface area contributed by atoms with Crippen LogP contribution in [0.4, 0.5) is 4.39 Å². The van der Waals surface area contributed by atoms with Crippen molar-refractivity contribution in [2.24, 2.45) is 0 Å². The number of carboxylic acid groups (broad SMARTS) is 1. The normalized spacial score (nSPS) is 12.3. The molecule has 2 aromatic carbocycles. The lowest BCUT2D eigenvalue weighted by atomic mass is 10.0. The van der Waals surface area contributed by atoms with Gasteiger partial charge in [0, 0.05) is 6.07 Å². The summed E-state index contributed by atoms with van der Waals surface area (Å²) in [6, 6.07) is 13.7. The Bertz CT molecular complexity index is 1150. The van der Waals surface area contributed by atoms with Gasteiger partial charge in [0.15, 0.2) is 5.69 Å². The molecule has 0 bridgehead atoms. The van der Waals surface area contributed by atoms with Gasteiger partial charge >= 0.3 is 5.97 Å². The number of aromatic amines is 1. The van der Waals surface area contributed by atoms with Gasteiger partial charge < -0.3 is 15.4 Å². The molecule has 0 saturated heterocycles. The molecule has 2 heterocycles. The lowest BCUT2D eigenvalue weighted by Crippen LogP contribution is -2.30. The highest BCUT2D eigenvalue weighted by Gasteiger charge is 2.21. The lowest BCUT2D eigenvalue weighted by Gasteiger charge is -2.16. The molecule has 0 aliphatic heterocycles. The average molecular weight is 366 g/mol. The highest BCUT2D eigenvalue weighted by molar-refractivity contribution is 5.95. The van der Waals surface area contributed by atoms with Crippen LogP contribution in [0.2, 0.25) is 0 Å². The van der Waals surface area contributed by atoms with Gasteiger partial charge in [-0.3, -0.25) is 9.59 Å². The van der Waals surface area contributed by atoms with E-state index in [9.17, 15) is 14.0 Å². The van der Waals surface area contributed by atoms with E-state index in [0.29, 0.717) is 11.2 Å². The van der Waals surface area contributed by atoms with E-state index in [0.717, 1.165) is 11.0 Å². The average Bonchev–Trinajstić information content (AvgIpc) is 3.19. The van der Waals surface area contributed by atoms with E-state index in [1.54, 1.807) is 10.6 Å². The number of nitrogens with one attached hydrogen (secondary N) is 2. The molecule has 0 spiro atoms. The number of carboxylic acids is 1. The number of H-pyrrole nitrogens is 1. The fourth-order valence-corrected chi connectivity index (χ4v) is 3.02. The maximum absolute atomic E-state index is 13.1. The number of para-hydroxylation sites is 2. The summed E-state index contributed by atoms with van der Waals surface area (Å²) in [4.78, 5) is 26.9. The molecule has 1 unspecified atom stereocenters. The highest BCUT2D eigenvalue weighted by atomic mass is 19.1. The topological polar surface area (TPSA) is 99.5 Å². The summed E-state index contributed by atoms with van der Waals surface area (Å²) < 4.78 is 14.7. The molecule has 0 saturated carbocycles. The first kappa shape index (κ1) is 16.8. The van der Waals surface area contributed by atoms with Gasteiger partial charge in [-0.05, 0) is 29.8 Å². The number of carbonyl (C=O) groups is 2. The lowest BCUT2D eigenvalue weighted by molar-refractivity contribution is -0.137. The minimum Gasteiger partial charge on any atom is -0.481 e. The summed E-state index contributed by atoms with van der Waals surface area (Å²) in [6.45, 7) is 0. The van der Waals surface area contributed by atoms with Crippen LogP contribution >= 0.6 is 0 Å². The number of aliphatic carboxylic acids is 1. The largest absolute Gasteiger partial charge is 0.481 e. The second kappa shape index (κ2) is 6.56. The molecular weight excluding hydrogens is 351 g/mol. The molecule has 4 aromatic rings. The molecule has 4 rings (SSSR count). The van der Waals surface area contributed by atoms with Crippen LogP contribution in [0.3, 0.4) is 0 Å². The van der Waals surface area contributed by atoms with Crippen LogP contribution in [0.25, 0.3) is 16.7 Å². The quantitative estimate of drug-likeness (QED) is 0.506. The third kappa shape index (κ3) is 3.24. The van der Waals surface area contributed by atoms with Crippen molar-refractivity contribution in [1.82, 2.24) is 19.9 Å². The smallest absolute Gasteiger partial charge is 0.305 e. The monoisotopic (exact) mass is 366 g/mol. The number of hydrogen-bond donors (Lipinski definition) is 3. The molecule has 7 nitrogen and oxygen atoms in total. The molecule has 0 fully saturated rings. The molecule has 0 aliphatic carbocycles. The van der Waals surface area contributed by atoms with Gasteiger partial charge in [0.1, 0.15) is 11.5 Å². The first-order chi connectivity index (χ1) is 13.0. The third-order valence-electron chi connectivity index (χ3n) is 4.29. The van der Waals surface area contributed by atoms with E-state index < -0.39 is 23.7 Å². The number of nitrogens with zero attached hydrogens (tertiary/aromatic N) is 2. The van der Waals surface area contributed by atoms with Gasteiger partial charge in [-0.2, -0.15) is 5.10 Å². The molecule has 27 heavy (non-hydrogen) atoms. The molecule has 1 atom stereocenters.